The van der Waals surface area contributed by atoms with Gasteiger partial charge in [0.25, 0.3) is 0 Å². The van der Waals surface area contributed by atoms with Crippen molar-refractivity contribution in [1.82, 2.24) is 4.90 Å². The zero-order chi connectivity index (χ0) is 12.0. The topological polar surface area (TPSA) is 29.5 Å². The van der Waals surface area contributed by atoms with Gasteiger partial charge in [0.2, 0.25) is 5.91 Å². The highest BCUT2D eigenvalue weighted by atomic mass is 19.1. The van der Waals surface area contributed by atoms with Gasteiger partial charge in [-0.3, -0.25) is 4.79 Å². The van der Waals surface area contributed by atoms with Gasteiger partial charge in [-0.1, -0.05) is 12.1 Å². The summed E-state index contributed by atoms with van der Waals surface area (Å²) >= 11 is 0. The van der Waals surface area contributed by atoms with Crippen LogP contribution in [0.25, 0.3) is 0 Å². The Labute approximate surface area is 94.8 Å². The smallest absolute Gasteiger partial charge is 0.219 e. The van der Waals surface area contributed by atoms with Crippen LogP contribution in [-0.2, 0) is 16.1 Å². The molecule has 0 aromatic heterocycles. The predicted molar refractivity (Wildman–Crippen MR) is 59.4 cm³/mol. The molecule has 4 heteroatoms. The van der Waals surface area contributed by atoms with Gasteiger partial charge in [-0.25, -0.2) is 4.39 Å². The van der Waals surface area contributed by atoms with Crippen molar-refractivity contribution < 1.29 is 13.9 Å². The highest BCUT2D eigenvalue weighted by molar-refractivity contribution is 5.73. The molecule has 0 N–H and O–H groups in total. The van der Waals surface area contributed by atoms with Crippen LogP contribution < -0.4 is 0 Å². The molecule has 0 heterocycles. The molecule has 0 radical (unpaired) electrons. The van der Waals surface area contributed by atoms with E-state index in [-0.39, 0.29) is 11.7 Å². The molecule has 0 aliphatic rings. The second-order valence-corrected chi connectivity index (χ2v) is 3.56. The molecule has 3 nitrogen and oxygen atoms in total. The molecule has 1 aromatic carbocycles. The van der Waals surface area contributed by atoms with Crippen LogP contribution in [0.3, 0.4) is 0 Å². The lowest BCUT2D eigenvalue weighted by molar-refractivity contribution is -0.130. The van der Waals surface area contributed by atoms with Crippen LogP contribution in [0.5, 0.6) is 0 Å². The van der Waals surface area contributed by atoms with E-state index in [0.717, 1.165) is 5.56 Å². The molecule has 0 saturated heterocycles. The quantitative estimate of drug-likeness (QED) is 0.765. The molecule has 0 bridgehead atoms. The highest BCUT2D eigenvalue weighted by Crippen LogP contribution is 2.06. The first kappa shape index (κ1) is 12.6. The minimum atomic E-state index is -0.269. The zero-order valence-corrected chi connectivity index (χ0v) is 9.57. The molecular weight excluding hydrogens is 209 g/mol. The fraction of sp³-hybridized carbons (Fsp3) is 0.417. The number of methoxy groups -OCH3 is 1. The second kappa shape index (κ2) is 6.23. The van der Waals surface area contributed by atoms with Gasteiger partial charge in [0.1, 0.15) is 5.82 Å². The van der Waals surface area contributed by atoms with Gasteiger partial charge >= 0.3 is 0 Å². The van der Waals surface area contributed by atoms with Gasteiger partial charge in [0.05, 0.1) is 6.61 Å². The average molecular weight is 225 g/mol. The molecule has 0 aliphatic carbocycles. The first-order chi connectivity index (χ1) is 7.63. The van der Waals surface area contributed by atoms with Gasteiger partial charge in [-0.2, -0.15) is 0 Å². The van der Waals surface area contributed by atoms with E-state index in [1.807, 2.05) is 0 Å². The highest BCUT2D eigenvalue weighted by Gasteiger charge is 2.08. The van der Waals surface area contributed by atoms with Crippen LogP contribution >= 0.6 is 0 Å². The minimum absolute atomic E-state index is 0.0126. The molecule has 16 heavy (non-hydrogen) atoms. The van der Waals surface area contributed by atoms with Crippen LogP contribution in [0.1, 0.15) is 12.5 Å². The molecule has 0 saturated carbocycles. The minimum Gasteiger partial charge on any atom is -0.383 e. The fourth-order valence-electron chi connectivity index (χ4n) is 1.36. The zero-order valence-electron chi connectivity index (χ0n) is 9.57. The van der Waals surface area contributed by atoms with Crippen LogP contribution in [0.2, 0.25) is 0 Å². The summed E-state index contributed by atoms with van der Waals surface area (Å²) in [5.74, 6) is -0.281. The lowest BCUT2D eigenvalue weighted by Gasteiger charge is -2.20. The second-order valence-electron chi connectivity index (χ2n) is 3.56. The molecule has 1 amide bonds. The normalized spacial score (nSPS) is 10.2. The monoisotopic (exact) mass is 225 g/mol. The van der Waals surface area contributed by atoms with Crippen molar-refractivity contribution in [2.24, 2.45) is 0 Å². The standard InChI is InChI=1S/C12H16FNO2/c1-10(15)14(7-8-16-2)9-11-3-5-12(13)6-4-11/h3-6H,7-9H2,1-2H3. The SMILES string of the molecule is COCCN(Cc1ccc(F)cc1)C(C)=O. The number of carbonyl (C=O) groups is 1. The maximum Gasteiger partial charge on any atom is 0.219 e. The third kappa shape index (κ3) is 3.98. The van der Waals surface area contributed by atoms with Gasteiger partial charge in [0, 0.05) is 27.1 Å². The summed E-state index contributed by atoms with van der Waals surface area (Å²) in [6.07, 6.45) is 0. The van der Waals surface area contributed by atoms with E-state index < -0.39 is 0 Å². The van der Waals surface area contributed by atoms with Crippen molar-refractivity contribution in [3.8, 4) is 0 Å². The van der Waals surface area contributed by atoms with E-state index in [9.17, 15) is 9.18 Å². The molecule has 88 valence electrons. The number of benzene rings is 1. The van der Waals surface area contributed by atoms with E-state index in [1.54, 1.807) is 24.1 Å². The summed E-state index contributed by atoms with van der Waals surface area (Å²) in [6.45, 7) is 3.04. The van der Waals surface area contributed by atoms with Crippen molar-refractivity contribution >= 4 is 5.91 Å². The van der Waals surface area contributed by atoms with Crippen molar-refractivity contribution in [3.63, 3.8) is 0 Å². The van der Waals surface area contributed by atoms with E-state index in [0.29, 0.717) is 19.7 Å². The molecule has 0 fully saturated rings. The maximum atomic E-state index is 12.7. The lowest BCUT2D eigenvalue weighted by atomic mass is 10.2. The van der Waals surface area contributed by atoms with Crippen molar-refractivity contribution in [1.29, 1.82) is 0 Å². The van der Waals surface area contributed by atoms with E-state index >= 15 is 0 Å². The van der Waals surface area contributed by atoms with Crippen LogP contribution in [0, 0.1) is 5.82 Å². The van der Waals surface area contributed by atoms with Crippen LogP contribution in [-0.4, -0.2) is 31.1 Å². The summed E-state index contributed by atoms with van der Waals surface area (Å²) in [5.41, 5.74) is 0.910. The third-order valence-electron chi connectivity index (χ3n) is 2.30. The number of amides is 1. The number of rotatable bonds is 5. The van der Waals surface area contributed by atoms with Crippen LogP contribution in [0.4, 0.5) is 4.39 Å². The lowest BCUT2D eigenvalue weighted by Crippen LogP contribution is -2.31. The van der Waals surface area contributed by atoms with Crippen molar-refractivity contribution in [3.05, 3.63) is 35.6 Å². The third-order valence-corrected chi connectivity index (χ3v) is 2.30. The molecule has 0 spiro atoms. The number of nitrogens with zero attached hydrogens (tertiary/aromatic N) is 1. The fourth-order valence-corrected chi connectivity index (χ4v) is 1.36. The number of hydrogen-bond acceptors (Lipinski definition) is 2. The van der Waals surface area contributed by atoms with Gasteiger partial charge in [-0.15, -0.1) is 0 Å². The summed E-state index contributed by atoms with van der Waals surface area (Å²) in [5, 5.41) is 0. The van der Waals surface area contributed by atoms with E-state index in [2.05, 4.69) is 0 Å². The number of halogens is 1. The number of carbonyl (C=O) groups excluding carboxylic acids is 1. The molecule has 1 aromatic rings. The summed E-state index contributed by atoms with van der Waals surface area (Å²) in [6, 6.07) is 6.14. The molecule has 1 rings (SSSR count). The Hall–Kier alpha value is -1.42. The summed E-state index contributed by atoms with van der Waals surface area (Å²) < 4.78 is 17.6. The first-order valence-electron chi connectivity index (χ1n) is 5.12. The van der Waals surface area contributed by atoms with Crippen molar-refractivity contribution in [2.45, 2.75) is 13.5 Å². The maximum absolute atomic E-state index is 12.7. The van der Waals surface area contributed by atoms with E-state index in [4.69, 9.17) is 4.74 Å². The molecule has 0 unspecified atom stereocenters. The van der Waals surface area contributed by atoms with Crippen LogP contribution in [0.15, 0.2) is 24.3 Å². The molecular formula is C12H16FNO2. The average Bonchev–Trinajstić information content (AvgIpc) is 2.26. The van der Waals surface area contributed by atoms with E-state index in [1.165, 1.54) is 19.1 Å². The van der Waals surface area contributed by atoms with Gasteiger partial charge in [0.15, 0.2) is 0 Å². The Morgan fingerprint density at radius 1 is 1.38 bits per heavy atom. The molecule has 0 atom stereocenters. The Morgan fingerprint density at radius 2 is 2.00 bits per heavy atom. The summed E-state index contributed by atoms with van der Waals surface area (Å²) in [4.78, 5) is 13.0. The number of hydrogen-bond donors (Lipinski definition) is 0. The van der Waals surface area contributed by atoms with Gasteiger partial charge in [-0.05, 0) is 17.7 Å². The summed E-state index contributed by atoms with van der Waals surface area (Å²) in [7, 11) is 1.59. The molecule has 0 aliphatic heterocycles. The van der Waals surface area contributed by atoms with Gasteiger partial charge < -0.3 is 9.64 Å². The Morgan fingerprint density at radius 3 is 2.50 bits per heavy atom. The largest absolute Gasteiger partial charge is 0.383 e. The Balaban J connectivity index is 2.60. The Bertz CT molecular complexity index is 337. The Kier molecular flexibility index (Phi) is 4.92. The number of ether oxygens (including phenoxy) is 1. The first-order valence-corrected chi connectivity index (χ1v) is 5.12. The van der Waals surface area contributed by atoms with Crippen molar-refractivity contribution in [2.75, 3.05) is 20.3 Å². The predicted octanol–water partition coefficient (Wildman–Crippen LogP) is 1.82.